The minimum atomic E-state index is -0.282. The van der Waals surface area contributed by atoms with Gasteiger partial charge in [0.05, 0.1) is 6.54 Å². The van der Waals surface area contributed by atoms with E-state index in [4.69, 9.17) is 14.5 Å². The molecule has 2 N–H and O–H groups in total. The van der Waals surface area contributed by atoms with E-state index in [-0.39, 0.29) is 17.3 Å². The van der Waals surface area contributed by atoms with Crippen molar-refractivity contribution in [2.45, 2.75) is 38.6 Å². The first-order valence-corrected chi connectivity index (χ1v) is 11.3. The summed E-state index contributed by atoms with van der Waals surface area (Å²) in [7, 11) is 0. The highest BCUT2D eigenvalue weighted by atomic mass is 19.1. The zero-order chi connectivity index (χ0) is 22.6. The van der Waals surface area contributed by atoms with E-state index in [1.54, 1.807) is 12.3 Å². The number of anilines is 1. The first-order chi connectivity index (χ1) is 15.5. The monoisotopic (exact) mass is 441 g/mol. The van der Waals surface area contributed by atoms with Gasteiger partial charge in [-0.2, -0.15) is 0 Å². The number of hydrogen-bond acceptors (Lipinski definition) is 5. The number of fused-ring (bicyclic) bond motifs is 1. The van der Waals surface area contributed by atoms with E-state index in [0.717, 1.165) is 42.5 Å². The van der Waals surface area contributed by atoms with Crippen LogP contribution in [-0.4, -0.2) is 56.4 Å². The molecule has 1 saturated heterocycles. The van der Waals surface area contributed by atoms with Gasteiger partial charge < -0.3 is 25.0 Å². The van der Waals surface area contributed by atoms with Gasteiger partial charge in [0.25, 0.3) is 0 Å². The normalized spacial score (nSPS) is 18.6. The number of ether oxygens (including phenoxy) is 2. The third-order valence-electron chi connectivity index (χ3n) is 5.87. The Bertz CT molecular complexity index is 965. The van der Waals surface area contributed by atoms with Crippen LogP contribution in [-0.2, 0) is 5.41 Å². The first-order valence-electron chi connectivity index (χ1n) is 11.3. The predicted molar refractivity (Wildman–Crippen MR) is 124 cm³/mol. The highest BCUT2D eigenvalue weighted by Crippen LogP contribution is 2.35. The molecule has 1 unspecified atom stereocenters. The Hall–Kier alpha value is -3.03. The molecule has 2 aliphatic heterocycles. The molecule has 2 aromatic rings. The van der Waals surface area contributed by atoms with Crippen LogP contribution in [0.1, 0.15) is 32.8 Å². The van der Waals surface area contributed by atoms with Gasteiger partial charge in [-0.25, -0.2) is 9.37 Å². The Labute approximate surface area is 189 Å². The van der Waals surface area contributed by atoms with E-state index in [9.17, 15) is 4.39 Å². The molecule has 0 spiro atoms. The van der Waals surface area contributed by atoms with E-state index >= 15 is 0 Å². The molecule has 0 saturated carbocycles. The van der Waals surface area contributed by atoms with Gasteiger partial charge >= 0.3 is 0 Å². The summed E-state index contributed by atoms with van der Waals surface area (Å²) in [6.07, 6.45) is 2.52. The van der Waals surface area contributed by atoms with Crippen LogP contribution in [0.4, 0.5) is 10.2 Å². The summed E-state index contributed by atoms with van der Waals surface area (Å²) >= 11 is 0. The maximum Gasteiger partial charge on any atom is 0.191 e. The molecule has 0 amide bonds. The number of aliphatic imine (C=N–C) groups is 1. The summed E-state index contributed by atoms with van der Waals surface area (Å²) in [4.78, 5) is 11.0. The quantitative estimate of drug-likeness (QED) is 0.530. The highest BCUT2D eigenvalue weighted by Gasteiger charge is 2.27. The van der Waals surface area contributed by atoms with Gasteiger partial charge in [0.2, 0.25) is 0 Å². The average molecular weight is 442 g/mol. The van der Waals surface area contributed by atoms with E-state index < -0.39 is 0 Å². The Morgan fingerprint density at radius 3 is 2.84 bits per heavy atom. The van der Waals surface area contributed by atoms with Crippen LogP contribution in [0, 0.1) is 5.82 Å². The van der Waals surface area contributed by atoms with E-state index in [1.165, 1.54) is 6.07 Å². The molecule has 4 rings (SSSR count). The Balaban J connectivity index is 1.41. The second kappa shape index (κ2) is 9.63. The molecule has 1 aromatic carbocycles. The average Bonchev–Trinajstić information content (AvgIpc) is 3.26. The van der Waals surface area contributed by atoms with E-state index in [2.05, 4.69) is 41.6 Å². The van der Waals surface area contributed by atoms with Crippen molar-refractivity contribution in [1.29, 1.82) is 0 Å². The minimum Gasteiger partial charge on any atom is -0.486 e. The van der Waals surface area contributed by atoms with Crippen molar-refractivity contribution in [3.05, 3.63) is 47.9 Å². The number of nitrogens with one attached hydrogen (secondary N) is 2. The molecule has 172 valence electrons. The summed E-state index contributed by atoms with van der Waals surface area (Å²) < 4.78 is 25.5. The van der Waals surface area contributed by atoms with Crippen molar-refractivity contribution in [3.63, 3.8) is 0 Å². The van der Waals surface area contributed by atoms with E-state index in [1.807, 2.05) is 17.9 Å². The fraction of sp³-hybridized carbons (Fsp3) is 0.500. The third-order valence-corrected chi connectivity index (χ3v) is 5.87. The number of halogens is 1. The largest absolute Gasteiger partial charge is 0.486 e. The van der Waals surface area contributed by atoms with Gasteiger partial charge in [-0.1, -0.05) is 19.9 Å². The molecule has 32 heavy (non-hydrogen) atoms. The zero-order valence-electron chi connectivity index (χ0n) is 19.0. The van der Waals surface area contributed by atoms with Crippen molar-refractivity contribution >= 4 is 11.8 Å². The number of nitrogens with zero attached hydrogens (tertiary/aromatic N) is 3. The minimum absolute atomic E-state index is 0.173. The maximum absolute atomic E-state index is 14.1. The van der Waals surface area contributed by atoms with Crippen LogP contribution >= 0.6 is 0 Å². The number of guanidine groups is 1. The molecular formula is C24H32FN5O2. The second-order valence-electron chi connectivity index (χ2n) is 8.82. The van der Waals surface area contributed by atoms with Crippen LogP contribution in [0.3, 0.4) is 0 Å². The van der Waals surface area contributed by atoms with Crippen LogP contribution in [0.5, 0.6) is 11.5 Å². The Kier molecular flexibility index (Phi) is 6.67. The molecule has 8 heteroatoms. The molecule has 2 aliphatic rings. The zero-order valence-corrected chi connectivity index (χ0v) is 19.0. The number of pyridine rings is 1. The highest BCUT2D eigenvalue weighted by molar-refractivity contribution is 5.80. The molecule has 0 bridgehead atoms. The van der Waals surface area contributed by atoms with Gasteiger partial charge in [-0.3, -0.25) is 4.99 Å². The summed E-state index contributed by atoms with van der Waals surface area (Å²) in [5, 5.41) is 6.85. The van der Waals surface area contributed by atoms with Crippen molar-refractivity contribution in [3.8, 4) is 11.5 Å². The molecule has 0 aliphatic carbocycles. The number of aromatic nitrogens is 1. The maximum atomic E-state index is 14.1. The lowest BCUT2D eigenvalue weighted by molar-refractivity contribution is 0.171. The van der Waals surface area contributed by atoms with Crippen molar-refractivity contribution < 1.29 is 13.9 Å². The molecule has 1 atom stereocenters. The molecule has 7 nitrogen and oxygen atoms in total. The molecule has 3 heterocycles. The smallest absolute Gasteiger partial charge is 0.191 e. The van der Waals surface area contributed by atoms with Crippen LogP contribution in [0.2, 0.25) is 0 Å². The number of rotatable bonds is 6. The van der Waals surface area contributed by atoms with Gasteiger partial charge in [-0.05, 0) is 43.2 Å². The fourth-order valence-corrected chi connectivity index (χ4v) is 4.03. The molecule has 1 aromatic heterocycles. The topological polar surface area (TPSA) is 71.0 Å². The summed E-state index contributed by atoms with van der Waals surface area (Å²) in [6.45, 7) is 10.4. The standard InChI is InChI=1S/C24H32FN5O2/c1-4-26-23(29-18-9-11-30(15-18)22-19(25)6-5-10-27-22)28-16-24(2,3)17-7-8-20-21(14-17)32-13-12-31-20/h5-8,10,14,18H,4,9,11-13,15-16H2,1-3H3,(H2,26,28,29). The molecule has 1 fully saturated rings. The van der Waals surface area contributed by atoms with Crippen LogP contribution in [0.15, 0.2) is 41.5 Å². The summed E-state index contributed by atoms with van der Waals surface area (Å²) in [5.41, 5.74) is 0.968. The summed E-state index contributed by atoms with van der Waals surface area (Å²) in [6, 6.07) is 9.35. The van der Waals surface area contributed by atoms with Crippen LogP contribution < -0.4 is 25.0 Å². The second-order valence-corrected chi connectivity index (χ2v) is 8.82. The van der Waals surface area contributed by atoms with Crippen molar-refractivity contribution in [2.24, 2.45) is 4.99 Å². The lowest BCUT2D eigenvalue weighted by Gasteiger charge is -2.27. The van der Waals surface area contributed by atoms with Gasteiger partial charge in [0.1, 0.15) is 13.2 Å². The SMILES string of the molecule is CCNC(=NCC(C)(C)c1ccc2c(c1)OCCO2)NC1CCN(c2ncccc2F)C1. The number of benzene rings is 1. The van der Waals surface area contributed by atoms with Gasteiger partial charge in [-0.15, -0.1) is 0 Å². The molecule has 0 radical (unpaired) electrons. The lowest BCUT2D eigenvalue weighted by atomic mass is 9.84. The van der Waals surface area contributed by atoms with Gasteiger partial charge in [0, 0.05) is 37.3 Å². The number of hydrogen-bond donors (Lipinski definition) is 2. The lowest BCUT2D eigenvalue weighted by Crippen LogP contribution is -2.45. The first kappa shape index (κ1) is 22.2. The van der Waals surface area contributed by atoms with E-state index in [0.29, 0.717) is 32.1 Å². The van der Waals surface area contributed by atoms with Gasteiger partial charge in [0.15, 0.2) is 29.1 Å². The predicted octanol–water partition coefficient (Wildman–Crippen LogP) is 3.10. The third kappa shape index (κ3) is 5.06. The fourth-order valence-electron chi connectivity index (χ4n) is 4.03. The molecular weight excluding hydrogens is 409 g/mol. The van der Waals surface area contributed by atoms with Crippen molar-refractivity contribution in [2.75, 3.05) is 44.3 Å². The Morgan fingerprint density at radius 2 is 2.06 bits per heavy atom. The van der Waals surface area contributed by atoms with Crippen molar-refractivity contribution in [1.82, 2.24) is 15.6 Å². The summed E-state index contributed by atoms with van der Waals surface area (Å²) in [5.74, 6) is 2.49. The Morgan fingerprint density at radius 1 is 1.25 bits per heavy atom. The van der Waals surface area contributed by atoms with Crippen LogP contribution in [0.25, 0.3) is 0 Å².